The molecule has 0 bridgehead atoms. The van der Waals surface area contributed by atoms with Gasteiger partial charge in [0.1, 0.15) is 0 Å². The molecule has 2 nitrogen and oxygen atoms in total. The first-order valence-corrected chi connectivity index (χ1v) is 15.0. The van der Waals surface area contributed by atoms with E-state index in [2.05, 4.69) is 191 Å². The predicted octanol–water partition coefficient (Wildman–Crippen LogP) is 11.6. The van der Waals surface area contributed by atoms with Crippen molar-refractivity contribution in [2.45, 2.75) is 0 Å². The SMILES string of the molecule is c1ccc(-c2c(-c3ccc(N(c4ccccc4)c4ccccc4)cc3)ccc3c2c2ccccc2n3-c2ccccc2)cc1. The fourth-order valence-electron chi connectivity index (χ4n) is 6.45. The van der Waals surface area contributed by atoms with Gasteiger partial charge in [0.2, 0.25) is 0 Å². The quantitative estimate of drug-likeness (QED) is 0.196. The summed E-state index contributed by atoms with van der Waals surface area (Å²) < 4.78 is 2.39. The third kappa shape index (κ3) is 4.45. The Morgan fingerprint density at radius 1 is 0.364 bits per heavy atom. The minimum atomic E-state index is 1.12. The van der Waals surface area contributed by atoms with Crippen LogP contribution >= 0.6 is 0 Å². The largest absolute Gasteiger partial charge is 0.311 e. The van der Waals surface area contributed by atoms with Crippen molar-refractivity contribution in [2.24, 2.45) is 0 Å². The monoisotopic (exact) mass is 562 g/mol. The van der Waals surface area contributed by atoms with E-state index in [0.29, 0.717) is 0 Å². The standard InChI is InChI=1S/C42H30N2/c1-5-15-32(16-6-1)41-37(29-30-40-42(41)38-23-13-14-24-39(38)44(40)35-21-11-4-12-22-35)31-25-27-36(28-26-31)43(33-17-7-2-8-18-33)34-19-9-3-10-20-34/h1-30H. The molecule has 1 heterocycles. The van der Waals surface area contributed by atoms with Crippen molar-refractivity contribution in [1.29, 1.82) is 0 Å². The second kappa shape index (κ2) is 11.1. The van der Waals surface area contributed by atoms with Crippen molar-refractivity contribution < 1.29 is 0 Å². The van der Waals surface area contributed by atoms with E-state index in [9.17, 15) is 0 Å². The predicted molar refractivity (Wildman–Crippen MR) is 186 cm³/mol. The van der Waals surface area contributed by atoms with Crippen molar-refractivity contribution in [3.05, 3.63) is 182 Å². The number of benzene rings is 7. The molecule has 0 saturated carbocycles. The lowest BCUT2D eigenvalue weighted by Gasteiger charge is -2.25. The number of rotatable bonds is 6. The molecule has 2 heteroatoms. The molecule has 0 amide bonds. The topological polar surface area (TPSA) is 8.17 Å². The maximum Gasteiger partial charge on any atom is 0.0547 e. The van der Waals surface area contributed by atoms with E-state index in [0.717, 1.165) is 22.7 Å². The van der Waals surface area contributed by atoms with Crippen LogP contribution < -0.4 is 4.90 Å². The summed E-state index contributed by atoms with van der Waals surface area (Å²) in [7, 11) is 0. The van der Waals surface area contributed by atoms with Crippen molar-refractivity contribution in [2.75, 3.05) is 4.90 Å². The number of hydrogen-bond donors (Lipinski definition) is 0. The van der Waals surface area contributed by atoms with Gasteiger partial charge in [-0.2, -0.15) is 0 Å². The molecule has 7 aromatic carbocycles. The zero-order valence-electron chi connectivity index (χ0n) is 24.2. The highest BCUT2D eigenvalue weighted by atomic mass is 15.1. The third-order valence-electron chi connectivity index (χ3n) is 8.38. The van der Waals surface area contributed by atoms with Crippen LogP contribution in [0.1, 0.15) is 0 Å². The first-order chi connectivity index (χ1) is 21.9. The summed E-state index contributed by atoms with van der Waals surface area (Å²) >= 11 is 0. The van der Waals surface area contributed by atoms with Gasteiger partial charge in [0, 0.05) is 33.5 Å². The molecule has 1 aromatic heterocycles. The molecule has 0 unspecified atom stereocenters. The molecule has 8 rings (SSSR count). The van der Waals surface area contributed by atoms with Gasteiger partial charge < -0.3 is 9.47 Å². The average Bonchev–Trinajstić information content (AvgIpc) is 3.44. The molecular weight excluding hydrogens is 532 g/mol. The van der Waals surface area contributed by atoms with E-state index < -0.39 is 0 Å². The molecule has 8 aromatic rings. The number of nitrogens with zero attached hydrogens (tertiary/aromatic N) is 2. The minimum absolute atomic E-state index is 1.12. The Kier molecular flexibility index (Phi) is 6.51. The normalized spacial score (nSPS) is 11.2. The molecule has 0 aliphatic rings. The van der Waals surface area contributed by atoms with E-state index in [4.69, 9.17) is 0 Å². The molecule has 0 aliphatic heterocycles. The summed E-state index contributed by atoms with van der Waals surface area (Å²) in [4.78, 5) is 2.30. The van der Waals surface area contributed by atoms with E-state index >= 15 is 0 Å². The number of fused-ring (bicyclic) bond motifs is 3. The molecule has 0 N–H and O–H groups in total. The smallest absolute Gasteiger partial charge is 0.0547 e. The minimum Gasteiger partial charge on any atom is -0.311 e. The fraction of sp³-hybridized carbons (Fsp3) is 0. The molecule has 208 valence electrons. The Balaban J connectivity index is 1.35. The summed E-state index contributed by atoms with van der Waals surface area (Å²) in [5.41, 5.74) is 11.8. The van der Waals surface area contributed by atoms with Crippen LogP contribution in [0, 0.1) is 0 Å². The Morgan fingerprint density at radius 2 is 0.886 bits per heavy atom. The van der Waals surface area contributed by atoms with Crippen molar-refractivity contribution in [3.8, 4) is 27.9 Å². The Hall–Kier alpha value is -5.86. The number of aromatic nitrogens is 1. The van der Waals surface area contributed by atoms with E-state index in [1.165, 1.54) is 44.1 Å². The summed E-state index contributed by atoms with van der Waals surface area (Å²) in [6, 6.07) is 65.0. The van der Waals surface area contributed by atoms with Crippen LogP contribution in [-0.4, -0.2) is 4.57 Å². The zero-order chi connectivity index (χ0) is 29.3. The van der Waals surface area contributed by atoms with Gasteiger partial charge in [0.25, 0.3) is 0 Å². The Bertz CT molecular complexity index is 2140. The van der Waals surface area contributed by atoms with Crippen molar-refractivity contribution in [3.63, 3.8) is 0 Å². The molecule has 0 radical (unpaired) electrons. The van der Waals surface area contributed by atoms with Crippen molar-refractivity contribution >= 4 is 38.9 Å². The summed E-state index contributed by atoms with van der Waals surface area (Å²) in [5.74, 6) is 0. The van der Waals surface area contributed by atoms with Gasteiger partial charge in [-0.1, -0.05) is 121 Å². The maximum absolute atomic E-state index is 2.39. The van der Waals surface area contributed by atoms with Crippen LogP contribution in [-0.2, 0) is 0 Å². The van der Waals surface area contributed by atoms with Gasteiger partial charge in [-0.3, -0.25) is 0 Å². The second-order valence-electron chi connectivity index (χ2n) is 11.0. The van der Waals surface area contributed by atoms with Gasteiger partial charge >= 0.3 is 0 Å². The van der Waals surface area contributed by atoms with Crippen LogP contribution in [0.25, 0.3) is 49.7 Å². The maximum atomic E-state index is 2.39. The van der Waals surface area contributed by atoms with Crippen LogP contribution in [0.4, 0.5) is 17.1 Å². The highest BCUT2D eigenvalue weighted by Crippen LogP contribution is 2.44. The summed E-state index contributed by atoms with van der Waals surface area (Å²) in [5, 5.41) is 2.52. The summed E-state index contributed by atoms with van der Waals surface area (Å²) in [6.07, 6.45) is 0. The number of anilines is 3. The molecule has 0 aliphatic carbocycles. The molecule has 44 heavy (non-hydrogen) atoms. The van der Waals surface area contributed by atoms with E-state index in [1.54, 1.807) is 0 Å². The highest BCUT2D eigenvalue weighted by molar-refractivity contribution is 6.18. The van der Waals surface area contributed by atoms with Gasteiger partial charge in [0.05, 0.1) is 11.0 Å². The fourth-order valence-corrected chi connectivity index (χ4v) is 6.45. The first-order valence-electron chi connectivity index (χ1n) is 15.0. The number of hydrogen-bond acceptors (Lipinski definition) is 1. The lowest BCUT2D eigenvalue weighted by molar-refractivity contribution is 1.18. The molecule has 0 saturated heterocycles. The lowest BCUT2D eigenvalue weighted by atomic mass is 9.90. The van der Waals surface area contributed by atoms with Gasteiger partial charge in [-0.25, -0.2) is 0 Å². The van der Waals surface area contributed by atoms with Gasteiger partial charge in [-0.15, -0.1) is 0 Å². The second-order valence-corrected chi connectivity index (χ2v) is 11.0. The average molecular weight is 563 g/mol. The molecular formula is C42H30N2. The van der Waals surface area contributed by atoms with Crippen molar-refractivity contribution in [1.82, 2.24) is 4.57 Å². The summed E-state index contributed by atoms with van der Waals surface area (Å²) in [6.45, 7) is 0. The Labute approximate surface area is 257 Å². The van der Waals surface area contributed by atoms with Crippen LogP contribution in [0.3, 0.4) is 0 Å². The first kappa shape index (κ1) is 25.8. The molecule has 0 fully saturated rings. The lowest BCUT2D eigenvalue weighted by Crippen LogP contribution is -2.09. The third-order valence-corrected chi connectivity index (χ3v) is 8.38. The molecule has 0 spiro atoms. The van der Waals surface area contributed by atoms with Crippen LogP contribution in [0.15, 0.2) is 182 Å². The van der Waals surface area contributed by atoms with E-state index in [1.807, 2.05) is 0 Å². The highest BCUT2D eigenvalue weighted by Gasteiger charge is 2.20. The van der Waals surface area contributed by atoms with Crippen LogP contribution in [0.2, 0.25) is 0 Å². The number of para-hydroxylation sites is 4. The van der Waals surface area contributed by atoms with Gasteiger partial charge in [-0.05, 0) is 82.9 Å². The molecule has 0 atom stereocenters. The zero-order valence-corrected chi connectivity index (χ0v) is 24.2. The Morgan fingerprint density at radius 3 is 1.52 bits per heavy atom. The van der Waals surface area contributed by atoms with Gasteiger partial charge in [0.15, 0.2) is 0 Å². The van der Waals surface area contributed by atoms with Crippen LogP contribution in [0.5, 0.6) is 0 Å². The van der Waals surface area contributed by atoms with E-state index in [-0.39, 0.29) is 0 Å².